The van der Waals surface area contributed by atoms with Crippen molar-refractivity contribution >= 4 is 91.4 Å². The summed E-state index contributed by atoms with van der Waals surface area (Å²) < 4.78 is 0. The van der Waals surface area contributed by atoms with Gasteiger partial charge >= 0.3 is 5.97 Å². The highest BCUT2D eigenvalue weighted by atomic mass is 32.1. The van der Waals surface area contributed by atoms with E-state index in [9.17, 15) is 9.90 Å². The lowest BCUT2D eigenvalue weighted by atomic mass is 10.0. The summed E-state index contributed by atoms with van der Waals surface area (Å²) in [6.07, 6.45) is 54.8. The second kappa shape index (κ2) is 42.8. The van der Waals surface area contributed by atoms with E-state index in [1.165, 1.54) is 306 Å². The highest BCUT2D eigenvalue weighted by Crippen LogP contribution is 2.52. The molecule has 10 heteroatoms. The van der Waals surface area contributed by atoms with Gasteiger partial charge in [0.2, 0.25) is 0 Å². The molecule has 0 aromatic carbocycles. The van der Waals surface area contributed by atoms with Crippen LogP contribution in [-0.2, 0) is 43.3 Å². The number of hydrogen-bond donors (Lipinski definition) is 1. The van der Waals surface area contributed by atoms with Crippen molar-refractivity contribution in [2.45, 2.75) is 311 Å². The first-order valence-corrected chi connectivity index (χ1v) is 42.2. The minimum atomic E-state index is -1.16. The molecule has 0 bridgehead atoms. The number of carbonyl (C=O) groups is 1. The topological polar surface area (TPSA) is 41.7 Å². The summed E-state index contributed by atoms with van der Waals surface area (Å²) in [4.78, 5) is 33.7. The van der Waals surface area contributed by atoms with E-state index in [0.29, 0.717) is 0 Å². The van der Waals surface area contributed by atoms with E-state index in [0.717, 1.165) is 43.4 Å². The maximum Gasteiger partial charge on any atom is 0.333 e. The number of nitrogens with zero attached hydrogens (tertiary/aromatic N) is 1. The summed E-state index contributed by atoms with van der Waals surface area (Å²) in [5.74, 6) is -1.16. The van der Waals surface area contributed by atoms with E-state index in [1.807, 2.05) is 34.0 Å². The standard InChI is InChI=1S/C80H113NO2S7/c1-8-14-20-26-32-38-44-60-52-53-84-74(60)70-55-64(48-42-36-30-24-18-12-5)78(87-70)72-56-62(46-40-34-28-22-16-10-3)75(88-72)68-50-51-69(86-68)76-63(47-41-35-29-23-17-11-4)57-73(89-76)79-65(49-43-37-31-25-19-13-6)58-71(90-79)77-61(45-39-33-27-21-15-9-2)54-66(85-77)59-67(81-7)80(82)83/h50-59H,8-49H2,1-6H3,(H,82,83)/b67-59-. The number of carboxylic acids is 1. The molecule has 0 saturated carbocycles. The fourth-order valence-electron chi connectivity index (χ4n) is 12.8. The van der Waals surface area contributed by atoms with Gasteiger partial charge < -0.3 is 5.11 Å². The van der Waals surface area contributed by atoms with Crippen LogP contribution in [-0.4, -0.2) is 11.1 Å². The Morgan fingerprint density at radius 1 is 0.344 bits per heavy atom. The lowest BCUT2D eigenvalue weighted by Gasteiger charge is -2.04. The number of rotatable bonds is 50. The van der Waals surface area contributed by atoms with Crippen LogP contribution in [0.25, 0.3) is 69.4 Å². The number of unbranched alkanes of at least 4 members (excludes halogenated alkanes) is 30. The molecule has 0 spiro atoms. The summed E-state index contributed by atoms with van der Waals surface area (Å²) in [6, 6.07) is 20.0. The molecule has 0 unspecified atom stereocenters. The zero-order valence-corrected chi connectivity index (χ0v) is 62.3. The minimum absolute atomic E-state index is 0.218. The van der Waals surface area contributed by atoms with Crippen LogP contribution in [0, 0.1) is 6.57 Å². The quantitative estimate of drug-likeness (QED) is 0.0235. The highest BCUT2D eigenvalue weighted by Gasteiger charge is 2.25. The summed E-state index contributed by atoms with van der Waals surface area (Å²) in [5.41, 5.74) is 8.75. The molecule has 0 atom stereocenters. The molecule has 0 amide bonds. The van der Waals surface area contributed by atoms with Crippen molar-refractivity contribution in [3.63, 3.8) is 0 Å². The molecule has 7 rings (SSSR count). The van der Waals surface area contributed by atoms with Crippen molar-refractivity contribution in [2.24, 2.45) is 0 Å². The Kier molecular flexibility index (Phi) is 35.2. The van der Waals surface area contributed by atoms with Gasteiger partial charge in [0.15, 0.2) is 0 Å². The van der Waals surface area contributed by atoms with E-state index in [-0.39, 0.29) is 5.70 Å². The van der Waals surface area contributed by atoms with Gasteiger partial charge in [0.1, 0.15) is 0 Å². The van der Waals surface area contributed by atoms with Gasteiger partial charge in [-0.05, 0) is 170 Å². The molecule has 7 aromatic rings. The van der Waals surface area contributed by atoms with E-state index >= 15 is 0 Å². The van der Waals surface area contributed by atoms with Gasteiger partial charge in [0.25, 0.3) is 5.70 Å². The average Bonchev–Trinajstić information content (AvgIpc) is 1.66. The van der Waals surface area contributed by atoms with Crippen molar-refractivity contribution in [3.8, 4) is 58.5 Å². The lowest BCUT2D eigenvalue weighted by Crippen LogP contribution is -1.94. The molecule has 492 valence electrons. The number of aliphatic carboxylic acids is 1. The molecule has 0 radical (unpaired) electrons. The van der Waals surface area contributed by atoms with Crippen LogP contribution in [0.5, 0.6) is 0 Å². The van der Waals surface area contributed by atoms with E-state index in [2.05, 4.69) is 134 Å². The predicted molar refractivity (Wildman–Crippen MR) is 409 cm³/mol. The number of hydrogen-bond acceptors (Lipinski definition) is 8. The smallest absolute Gasteiger partial charge is 0.333 e. The largest absolute Gasteiger partial charge is 0.486 e. The Morgan fingerprint density at radius 3 is 0.944 bits per heavy atom. The SMILES string of the molecule is [C-]#[N+]/C(=C\c1cc(CCCCCCCC)c(-c2cc(CCCCCCCC)c(-c3cc(CCCCCCCC)c(-c4ccc(-c5sc(-c6sc(-c7sccc7CCCCCCCC)cc6CCCCCCCC)cc5CCCCCCCC)s4)s3)s2)s1)C(=O)O. The third-order valence-corrected chi connectivity index (χ3v) is 27.1. The summed E-state index contributed by atoms with van der Waals surface area (Å²) in [5, 5.41) is 12.3. The molecular formula is C80H113NO2S7. The zero-order chi connectivity index (χ0) is 63.6. The molecule has 7 aromatic heterocycles. The average molecular weight is 1350 g/mol. The second-order valence-corrected chi connectivity index (χ2v) is 33.1. The van der Waals surface area contributed by atoms with Crippen LogP contribution < -0.4 is 0 Å². The summed E-state index contributed by atoms with van der Waals surface area (Å²) in [7, 11) is 0. The Hall–Kier alpha value is -3.40. The summed E-state index contributed by atoms with van der Waals surface area (Å²) in [6.45, 7) is 21.6. The molecule has 3 nitrogen and oxygen atoms in total. The zero-order valence-electron chi connectivity index (χ0n) is 56.6. The molecule has 0 aliphatic heterocycles. The number of thiophene rings is 7. The predicted octanol–water partition coefficient (Wildman–Crippen LogP) is 29.9. The maximum absolute atomic E-state index is 12.1. The highest BCUT2D eigenvalue weighted by molar-refractivity contribution is 7.31. The van der Waals surface area contributed by atoms with Crippen molar-refractivity contribution < 1.29 is 9.90 Å². The minimum Gasteiger partial charge on any atom is -0.486 e. The van der Waals surface area contributed by atoms with Gasteiger partial charge in [-0.25, -0.2) is 4.85 Å². The molecule has 0 aliphatic carbocycles. The van der Waals surface area contributed by atoms with Gasteiger partial charge in [0, 0.05) is 63.4 Å². The molecule has 0 saturated heterocycles. The van der Waals surface area contributed by atoms with Crippen LogP contribution in [0.2, 0.25) is 0 Å². The second-order valence-electron chi connectivity index (χ2n) is 25.9. The molecular weight excluding hydrogens is 1230 g/mol. The van der Waals surface area contributed by atoms with Crippen molar-refractivity contribution in [2.75, 3.05) is 0 Å². The fourth-order valence-corrected chi connectivity index (χ4v) is 21.6. The van der Waals surface area contributed by atoms with Crippen LogP contribution in [0.15, 0.2) is 59.6 Å². The molecule has 0 aliphatic rings. The van der Waals surface area contributed by atoms with Crippen molar-refractivity contribution in [1.29, 1.82) is 0 Å². The third kappa shape index (κ3) is 23.8. The normalized spacial score (nSPS) is 11.9. The first-order chi connectivity index (χ1) is 44.2. The maximum atomic E-state index is 12.1. The van der Waals surface area contributed by atoms with Gasteiger partial charge in [-0.3, -0.25) is 4.79 Å². The van der Waals surface area contributed by atoms with Crippen LogP contribution in [0.3, 0.4) is 0 Å². The Morgan fingerprint density at radius 2 is 0.622 bits per heavy atom. The number of carboxylic acid groups (broad SMARTS) is 1. The molecule has 0 fully saturated rings. The van der Waals surface area contributed by atoms with E-state index in [4.69, 9.17) is 6.57 Å². The van der Waals surface area contributed by atoms with Crippen molar-refractivity contribution in [1.82, 2.24) is 0 Å². The fraction of sp³-hybridized carbons (Fsp3) is 0.600. The molecule has 7 heterocycles. The third-order valence-electron chi connectivity index (χ3n) is 18.2. The monoisotopic (exact) mass is 1340 g/mol. The first kappa shape index (κ1) is 74.0. The van der Waals surface area contributed by atoms with Gasteiger partial charge in [-0.2, -0.15) is 0 Å². The van der Waals surface area contributed by atoms with Gasteiger partial charge in [-0.15, -0.1) is 79.4 Å². The van der Waals surface area contributed by atoms with Crippen LogP contribution in [0.1, 0.15) is 311 Å². The molecule has 1 N–H and O–H groups in total. The first-order valence-electron chi connectivity index (χ1n) is 36.4. The molecule has 90 heavy (non-hydrogen) atoms. The van der Waals surface area contributed by atoms with Crippen LogP contribution in [0.4, 0.5) is 0 Å². The Labute approximate surface area is 575 Å². The Balaban J connectivity index is 1.28. The Bertz CT molecular complexity index is 3190. The van der Waals surface area contributed by atoms with E-state index in [1.54, 1.807) is 34.1 Å². The van der Waals surface area contributed by atoms with Crippen molar-refractivity contribution in [3.05, 3.63) is 109 Å². The lowest BCUT2D eigenvalue weighted by molar-refractivity contribution is -0.132. The van der Waals surface area contributed by atoms with Gasteiger partial charge in [-0.1, -0.05) is 234 Å². The summed E-state index contributed by atoms with van der Waals surface area (Å²) >= 11 is 13.9. The van der Waals surface area contributed by atoms with Gasteiger partial charge in [0.05, 0.1) is 6.57 Å². The van der Waals surface area contributed by atoms with Crippen LogP contribution >= 0.6 is 79.4 Å². The number of aryl methyl sites for hydroxylation is 6. The van der Waals surface area contributed by atoms with E-state index < -0.39 is 5.97 Å².